The number of nitrogens with one attached hydrogen (secondary N) is 1. The van der Waals surface area contributed by atoms with E-state index in [0.717, 1.165) is 35.2 Å². The van der Waals surface area contributed by atoms with Gasteiger partial charge in [0.2, 0.25) is 0 Å². The van der Waals surface area contributed by atoms with E-state index in [1.807, 2.05) is 30.6 Å². The molecule has 0 fully saturated rings. The predicted octanol–water partition coefficient (Wildman–Crippen LogP) is 3.46. The topological polar surface area (TPSA) is 55.9 Å². The number of hydrogen-bond acceptors (Lipinski definition) is 3. The van der Waals surface area contributed by atoms with Gasteiger partial charge in [0.1, 0.15) is 5.82 Å². The monoisotopic (exact) mass is 356 g/mol. The van der Waals surface area contributed by atoms with Crippen molar-refractivity contribution < 1.29 is 0 Å². The summed E-state index contributed by atoms with van der Waals surface area (Å²) in [5.41, 5.74) is 3.93. The molecule has 0 saturated heterocycles. The van der Waals surface area contributed by atoms with Crippen LogP contribution in [0.25, 0.3) is 0 Å². The van der Waals surface area contributed by atoms with Crippen LogP contribution in [0.15, 0.2) is 35.1 Å². The molecule has 0 bridgehead atoms. The molecule has 108 valence electrons. The van der Waals surface area contributed by atoms with Crippen LogP contribution in [0.5, 0.6) is 0 Å². The van der Waals surface area contributed by atoms with Crippen LogP contribution in [0.4, 0.5) is 0 Å². The highest BCUT2D eigenvalue weighted by Crippen LogP contribution is 2.28. The highest BCUT2D eigenvalue weighted by Gasteiger charge is 2.16. The highest BCUT2D eigenvalue weighted by molar-refractivity contribution is 9.10. The van der Waals surface area contributed by atoms with Crippen LogP contribution in [-0.4, -0.2) is 9.55 Å². The van der Waals surface area contributed by atoms with E-state index in [4.69, 9.17) is 17.4 Å². The van der Waals surface area contributed by atoms with Gasteiger partial charge in [-0.1, -0.05) is 40.5 Å². The summed E-state index contributed by atoms with van der Waals surface area (Å²) in [4.78, 5) is 4.42. The number of benzene rings is 1. The zero-order valence-corrected chi connectivity index (χ0v) is 13.7. The molecule has 0 aliphatic rings. The zero-order chi connectivity index (χ0) is 14.5. The van der Waals surface area contributed by atoms with Crippen molar-refractivity contribution in [1.29, 1.82) is 0 Å². The van der Waals surface area contributed by atoms with E-state index in [-0.39, 0.29) is 6.04 Å². The molecule has 1 aromatic carbocycles. The molecule has 20 heavy (non-hydrogen) atoms. The fourth-order valence-electron chi connectivity index (χ4n) is 2.20. The van der Waals surface area contributed by atoms with Gasteiger partial charge in [0.05, 0.1) is 6.04 Å². The summed E-state index contributed by atoms with van der Waals surface area (Å²) in [6.07, 6.45) is 5.64. The summed E-state index contributed by atoms with van der Waals surface area (Å²) in [6.45, 7) is 3.12. The molecule has 2 rings (SSSR count). The minimum Gasteiger partial charge on any atom is -0.335 e. The van der Waals surface area contributed by atoms with Gasteiger partial charge in [0, 0.05) is 34.9 Å². The summed E-state index contributed by atoms with van der Waals surface area (Å²) in [5.74, 6) is 6.74. The maximum absolute atomic E-state index is 5.98. The van der Waals surface area contributed by atoms with Gasteiger partial charge in [0.25, 0.3) is 0 Å². The fourth-order valence-corrected chi connectivity index (χ4v) is 3.16. The summed E-state index contributed by atoms with van der Waals surface area (Å²) >= 11 is 9.51. The third-order valence-electron chi connectivity index (χ3n) is 3.19. The molecular formula is C14H18BrClN4. The minimum atomic E-state index is -0.0142. The van der Waals surface area contributed by atoms with E-state index in [1.54, 1.807) is 0 Å². The lowest BCUT2D eigenvalue weighted by Crippen LogP contribution is -2.30. The number of hydrazine groups is 1. The number of nitrogens with zero attached hydrogens (tertiary/aromatic N) is 2. The van der Waals surface area contributed by atoms with Gasteiger partial charge in [-0.25, -0.2) is 4.98 Å². The van der Waals surface area contributed by atoms with Crippen molar-refractivity contribution in [3.8, 4) is 0 Å². The van der Waals surface area contributed by atoms with E-state index in [0.29, 0.717) is 5.02 Å². The summed E-state index contributed by atoms with van der Waals surface area (Å²) in [5, 5.41) is 0.698. The second kappa shape index (κ2) is 7.22. The predicted molar refractivity (Wildman–Crippen MR) is 85.4 cm³/mol. The second-order valence-electron chi connectivity index (χ2n) is 4.63. The summed E-state index contributed by atoms with van der Waals surface area (Å²) in [6, 6.07) is 5.70. The first-order valence-electron chi connectivity index (χ1n) is 6.56. The quantitative estimate of drug-likeness (QED) is 0.615. The molecule has 0 aliphatic heterocycles. The van der Waals surface area contributed by atoms with Gasteiger partial charge < -0.3 is 4.57 Å². The number of halogens is 2. The maximum Gasteiger partial charge on any atom is 0.110 e. The lowest BCUT2D eigenvalue weighted by atomic mass is 10.0. The van der Waals surface area contributed by atoms with Crippen molar-refractivity contribution in [2.45, 2.75) is 32.4 Å². The van der Waals surface area contributed by atoms with Crippen molar-refractivity contribution >= 4 is 27.5 Å². The highest BCUT2D eigenvalue weighted by atomic mass is 79.9. The van der Waals surface area contributed by atoms with Crippen molar-refractivity contribution in [3.63, 3.8) is 0 Å². The van der Waals surface area contributed by atoms with Crippen LogP contribution in [0.1, 0.15) is 30.8 Å². The van der Waals surface area contributed by atoms with Crippen molar-refractivity contribution in [2.75, 3.05) is 0 Å². The van der Waals surface area contributed by atoms with Crippen LogP contribution in [0.3, 0.4) is 0 Å². The van der Waals surface area contributed by atoms with Crippen LogP contribution in [-0.2, 0) is 13.0 Å². The molecule has 0 saturated carbocycles. The Balaban J connectivity index is 2.22. The Kier molecular flexibility index (Phi) is 5.60. The van der Waals surface area contributed by atoms with Crippen molar-refractivity contribution in [1.82, 2.24) is 15.0 Å². The van der Waals surface area contributed by atoms with E-state index < -0.39 is 0 Å². The lowest BCUT2D eigenvalue weighted by Gasteiger charge is -2.18. The Bertz CT molecular complexity index is 570. The molecule has 0 amide bonds. The third-order valence-corrected chi connectivity index (χ3v) is 4.11. The van der Waals surface area contributed by atoms with Crippen LogP contribution in [0, 0.1) is 0 Å². The molecular weight excluding hydrogens is 340 g/mol. The van der Waals surface area contributed by atoms with E-state index in [1.165, 1.54) is 0 Å². The van der Waals surface area contributed by atoms with Crippen LogP contribution >= 0.6 is 27.5 Å². The molecule has 0 aliphatic carbocycles. The van der Waals surface area contributed by atoms with Crippen molar-refractivity contribution in [3.05, 3.63) is 51.5 Å². The Hall–Kier alpha value is -0.880. The van der Waals surface area contributed by atoms with Gasteiger partial charge in [-0.2, -0.15) is 0 Å². The normalized spacial score (nSPS) is 12.6. The molecule has 1 atom stereocenters. The van der Waals surface area contributed by atoms with Gasteiger partial charge in [0.15, 0.2) is 0 Å². The van der Waals surface area contributed by atoms with Gasteiger partial charge in [-0.05, 0) is 24.1 Å². The molecule has 1 heterocycles. The molecule has 2 aromatic rings. The van der Waals surface area contributed by atoms with E-state index in [2.05, 4.69) is 37.8 Å². The number of imidazole rings is 1. The number of nitrogens with two attached hydrogens (primary N) is 1. The third kappa shape index (κ3) is 3.61. The van der Waals surface area contributed by atoms with Crippen LogP contribution < -0.4 is 11.3 Å². The first kappa shape index (κ1) is 15.5. The van der Waals surface area contributed by atoms with Gasteiger partial charge in [-0.3, -0.25) is 11.3 Å². The largest absolute Gasteiger partial charge is 0.335 e. The van der Waals surface area contributed by atoms with Gasteiger partial charge >= 0.3 is 0 Å². The molecule has 6 heteroatoms. The standard InChI is InChI=1S/C14H18BrClN4/c1-2-6-20-7-5-18-14(20)9-13(19-17)11-4-3-10(16)8-12(11)15/h3-5,7-8,13,19H,2,6,9,17H2,1H3. The average Bonchev–Trinajstić information content (AvgIpc) is 2.84. The SMILES string of the molecule is CCCn1ccnc1CC(NN)c1ccc(Cl)cc1Br. The van der Waals surface area contributed by atoms with E-state index in [9.17, 15) is 0 Å². The number of aromatic nitrogens is 2. The fraction of sp³-hybridized carbons (Fsp3) is 0.357. The molecule has 3 N–H and O–H groups in total. The number of hydrogen-bond donors (Lipinski definition) is 2. The molecule has 1 unspecified atom stereocenters. The van der Waals surface area contributed by atoms with Crippen LogP contribution in [0.2, 0.25) is 5.02 Å². The minimum absolute atomic E-state index is 0.0142. The molecule has 0 radical (unpaired) electrons. The number of rotatable bonds is 6. The lowest BCUT2D eigenvalue weighted by molar-refractivity contribution is 0.515. The smallest absolute Gasteiger partial charge is 0.110 e. The molecule has 1 aromatic heterocycles. The second-order valence-corrected chi connectivity index (χ2v) is 5.92. The molecule has 4 nitrogen and oxygen atoms in total. The summed E-state index contributed by atoms with van der Waals surface area (Å²) in [7, 11) is 0. The van der Waals surface area contributed by atoms with Crippen molar-refractivity contribution in [2.24, 2.45) is 5.84 Å². The Morgan fingerprint density at radius 3 is 2.95 bits per heavy atom. The summed E-state index contributed by atoms with van der Waals surface area (Å²) < 4.78 is 3.11. The van der Waals surface area contributed by atoms with E-state index >= 15 is 0 Å². The first-order chi connectivity index (χ1) is 9.65. The van der Waals surface area contributed by atoms with Gasteiger partial charge in [-0.15, -0.1) is 0 Å². The molecule has 0 spiro atoms. The first-order valence-corrected chi connectivity index (χ1v) is 7.74. The average molecular weight is 358 g/mol. The Morgan fingerprint density at radius 1 is 1.50 bits per heavy atom. The maximum atomic E-state index is 5.98. The zero-order valence-electron chi connectivity index (χ0n) is 11.3. The number of aryl methyl sites for hydroxylation is 1. The Labute approximate surface area is 132 Å². The Morgan fingerprint density at radius 2 is 2.30 bits per heavy atom.